The fourth-order valence-corrected chi connectivity index (χ4v) is 5.30. The Balaban J connectivity index is 1.11. The maximum absolute atomic E-state index is 14.1. The largest absolute Gasteiger partial charge is 0.354 e. The molecule has 1 saturated carbocycles. The van der Waals surface area contributed by atoms with Gasteiger partial charge in [0.1, 0.15) is 11.6 Å². The maximum atomic E-state index is 14.1. The van der Waals surface area contributed by atoms with E-state index in [0.29, 0.717) is 11.5 Å². The molecule has 1 amide bonds. The van der Waals surface area contributed by atoms with Gasteiger partial charge in [-0.3, -0.25) is 9.69 Å². The molecule has 31 heavy (non-hydrogen) atoms. The maximum Gasteiger partial charge on any atom is 0.226 e. The van der Waals surface area contributed by atoms with E-state index in [1.54, 1.807) is 6.07 Å². The van der Waals surface area contributed by atoms with Gasteiger partial charge < -0.3 is 9.80 Å². The van der Waals surface area contributed by atoms with Crippen molar-refractivity contribution in [2.45, 2.75) is 25.2 Å². The number of piperidine rings is 1. The quantitative estimate of drug-likeness (QED) is 0.741. The van der Waals surface area contributed by atoms with Crippen LogP contribution in [0.1, 0.15) is 30.7 Å². The second-order valence-electron chi connectivity index (χ2n) is 9.24. The lowest BCUT2D eigenvalue weighted by Crippen LogP contribution is -2.50. The summed E-state index contributed by atoms with van der Waals surface area (Å²) in [4.78, 5) is 24.5. The van der Waals surface area contributed by atoms with Gasteiger partial charge in [-0.2, -0.15) is 0 Å². The van der Waals surface area contributed by atoms with E-state index in [-0.39, 0.29) is 23.6 Å². The van der Waals surface area contributed by atoms with Gasteiger partial charge in [0.15, 0.2) is 0 Å². The third-order valence-corrected chi connectivity index (χ3v) is 7.10. The van der Waals surface area contributed by atoms with Gasteiger partial charge in [0, 0.05) is 57.9 Å². The summed E-state index contributed by atoms with van der Waals surface area (Å²) in [6.45, 7) is 6.83. The third-order valence-electron chi connectivity index (χ3n) is 7.10. The first-order chi connectivity index (χ1) is 15.2. The highest BCUT2D eigenvalue weighted by Crippen LogP contribution is 2.49. The summed E-state index contributed by atoms with van der Waals surface area (Å²) in [6, 6.07) is 13.0. The highest BCUT2D eigenvalue weighted by molar-refractivity contribution is 5.83. The molecule has 2 aliphatic heterocycles. The molecule has 3 unspecified atom stereocenters. The topological polar surface area (TPSA) is 39.7 Å². The standard InChI is InChI=1S/C25H31FN4O/c26-23-8-2-1-7-20(23)21-16-22(21)25(31)30-11-5-6-19(18-30)17-28-12-14-29(15-13-28)24-9-3-4-10-27-24/h1-4,7-10,19,21-22H,5-6,11-18H2. The van der Waals surface area contributed by atoms with Crippen LogP contribution in [0.3, 0.4) is 0 Å². The first-order valence-corrected chi connectivity index (χ1v) is 11.6. The lowest BCUT2D eigenvalue weighted by Gasteiger charge is -2.39. The van der Waals surface area contributed by atoms with Crippen LogP contribution in [-0.2, 0) is 4.79 Å². The number of aromatic nitrogens is 1. The van der Waals surface area contributed by atoms with E-state index in [9.17, 15) is 9.18 Å². The van der Waals surface area contributed by atoms with Gasteiger partial charge in [-0.15, -0.1) is 0 Å². The normalized spacial score (nSPS) is 26.7. The number of halogens is 1. The molecule has 1 aliphatic carbocycles. The average Bonchev–Trinajstić information content (AvgIpc) is 3.61. The Hall–Kier alpha value is -2.47. The highest BCUT2D eigenvalue weighted by atomic mass is 19.1. The van der Waals surface area contributed by atoms with Gasteiger partial charge in [-0.25, -0.2) is 9.37 Å². The fraction of sp³-hybridized carbons (Fsp3) is 0.520. The van der Waals surface area contributed by atoms with E-state index in [0.717, 1.165) is 64.5 Å². The Morgan fingerprint density at radius 1 is 1.03 bits per heavy atom. The molecule has 6 heteroatoms. The Morgan fingerprint density at radius 2 is 1.84 bits per heavy atom. The van der Waals surface area contributed by atoms with Crippen molar-refractivity contribution in [2.24, 2.45) is 11.8 Å². The van der Waals surface area contributed by atoms with Crippen LogP contribution in [0.5, 0.6) is 0 Å². The van der Waals surface area contributed by atoms with E-state index < -0.39 is 0 Å². The van der Waals surface area contributed by atoms with E-state index in [1.807, 2.05) is 30.5 Å². The Bertz CT molecular complexity index is 899. The van der Waals surface area contributed by atoms with Crippen molar-refractivity contribution in [1.29, 1.82) is 0 Å². The first kappa shape index (κ1) is 20.4. The predicted molar refractivity (Wildman–Crippen MR) is 119 cm³/mol. The molecule has 5 rings (SSSR count). The SMILES string of the molecule is O=C(C1CC1c1ccccc1F)N1CCCC(CN2CCN(c3ccccn3)CC2)C1. The summed E-state index contributed by atoms with van der Waals surface area (Å²) in [5.41, 5.74) is 0.709. The number of anilines is 1. The number of nitrogens with zero attached hydrogens (tertiary/aromatic N) is 4. The molecule has 3 fully saturated rings. The number of carbonyl (C=O) groups excluding carboxylic acids is 1. The number of likely N-dealkylation sites (tertiary alicyclic amines) is 1. The minimum atomic E-state index is -0.177. The molecule has 2 aromatic rings. The minimum Gasteiger partial charge on any atom is -0.354 e. The zero-order chi connectivity index (χ0) is 21.2. The lowest BCUT2D eigenvalue weighted by molar-refractivity contribution is -0.134. The summed E-state index contributed by atoms with van der Waals surface area (Å²) in [7, 11) is 0. The molecule has 3 aliphatic rings. The summed E-state index contributed by atoms with van der Waals surface area (Å²) in [5, 5.41) is 0. The molecule has 3 atom stereocenters. The number of pyridine rings is 1. The van der Waals surface area contributed by atoms with Crippen molar-refractivity contribution in [3.63, 3.8) is 0 Å². The average molecular weight is 423 g/mol. The Labute approximate surface area is 183 Å². The van der Waals surface area contributed by atoms with Crippen molar-refractivity contribution in [2.75, 3.05) is 50.7 Å². The second kappa shape index (κ2) is 8.95. The summed E-state index contributed by atoms with van der Waals surface area (Å²) in [6.07, 6.45) is 4.90. The van der Waals surface area contributed by atoms with Crippen LogP contribution in [0, 0.1) is 17.7 Å². The van der Waals surface area contributed by atoms with Gasteiger partial charge in [0.2, 0.25) is 5.91 Å². The molecule has 3 heterocycles. The van der Waals surface area contributed by atoms with E-state index in [4.69, 9.17) is 0 Å². The van der Waals surface area contributed by atoms with Gasteiger partial charge in [-0.05, 0) is 54.9 Å². The monoisotopic (exact) mass is 422 g/mol. The van der Waals surface area contributed by atoms with Crippen molar-refractivity contribution in [1.82, 2.24) is 14.8 Å². The Kier molecular flexibility index (Phi) is 5.90. The zero-order valence-electron chi connectivity index (χ0n) is 18.0. The number of carbonyl (C=O) groups is 1. The van der Waals surface area contributed by atoms with Crippen molar-refractivity contribution in [3.8, 4) is 0 Å². The van der Waals surface area contributed by atoms with Crippen LogP contribution in [0.25, 0.3) is 0 Å². The zero-order valence-corrected chi connectivity index (χ0v) is 18.0. The molecule has 1 aromatic heterocycles. The molecular weight excluding hydrogens is 391 g/mol. The molecule has 0 radical (unpaired) electrons. The van der Waals surface area contributed by atoms with Gasteiger partial charge in [0.25, 0.3) is 0 Å². The number of benzene rings is 1. The molecule has 2 saturated heterocycles. The molecule has 5 nitrogen and oxygen atoms in total. The number of hydrogen-bond acceptors (Lipinski definition) is 4. The van der Waals surface area contributed by atoms with E-state index in [1.165, 1.54) is 12.5 Å². The van der Waals surface area contributed by atoms with E-state index >= 15 is 0 Å². The van der Waals surface area contributed by atoms with Crippen LogP contribution in [-0.4, -0.2) is 66.5 Å². The molecular formula is C25H31FN4O. The predicted octanol–water partition coefficient (Wildman–Crippen LogP) is 3.39. The van der Waals surface area contributed by atoms with Gasteiger partial charge >= 0.3 is 0 Å². The van der Waals surface area contributed by atoms with Crippen molar-refractivity contribution >= 4 is 11.7 Å². The summed E-state index contributed by atoms with van der Waals surface area (Å²) >= 11 is 0. The highest BCUT2D eigenvalue weighted by Gasteiger charge is 2.47. The molecule has 1 aromatic carbocycles. The number of rotatable bonds is 5. The van der Waals surface area contributed by atoms with Crippen molar-refractivity contribution in [3.05, 3.63) is 60.0 Å². The summed E-state index contributed by atoms with van der Waals surface area (Å²) < 4.78 is 14.1. The number of hydrogen-bond donors (Lipinski definition) is 0. The van der Waals surface area contributed by atoms with Crippen LogP contribution in [0.15, 0.2) is 48.7 Å². The molecule has 0 bridgehead atoms. The van der Waals surface area contributed by atoms with Crippen LogP contribution in [0.4, 0.5) is 10.2 Å². The minimum absolute atomic E-state index is 0.0300. The smallest absolute Gasteiger partial charge is 0.226 e. The lowest BCUT2D eigenvalue weighted by atomic mass is 9.96. The van der Waals surface area contributed by atoms with Gasteiger partial charge in [-0.1, -0.05) is 24.3 Å². The Morgan fingerprint density at radius 3 is 2.61 bits per heavy atom. The number of piperazine rings is 1. The third kappa shape index (κ3) is 4.59. The fourth-order valence-electron chi connectivity index (χ4n) is 5.30. The van der Waals surface area contributed by atoms with Gasteiger partial charge in [0.05, 0.1) is 0 Å². The molecule has 0 spiro atoms. The molecule has 164 valence electrons. The van der Waals surface area contributed by atoms with E-state index in [2.05, 4.69) is 25.8 Å². The van der Waals surface area contributed by atoms with Crippen LogP contribution < -0.4 is 4.90 Å². The van der Waals surface area contributed by atoms with Crippen LogP contribution >= 0.6 is 0 Å². The second-order valence-corrected chi connectivity index (χ2v) is 9.24. The summed E-state index contributed by atoms with van der Waals surface area (Å²) in [5.74, 6) is 1.68. The number of amides is 1. The first-order valence-electron chi connectivity index (χ1n) is 11.6. The van der Waals surface area contributed by atoms with Crippen molar-refractivity contribution < 1.29 is 9.18 Å². The van der Waals surface area contributed by atoms with Crippen LogP contribution in [0.2, 0.25) is 0 Å². The molecule has 0 N–H and O–H groups in total.